The maximum Gasteiger partial charge on any atom is 0.328 e. The van der Waals surface area contributed by atoms with Crippen molar-refractivity contribution in [3.05, 3.63) is 64.5 Å². The number of nitrogens with zero attached hydrogens (tertiary/aromatic N) is 2. The number of ether oxygens (including phenoxy) is 1. The predicted octanol–water partition coefficient (Wildman–Crippen LogP) is 3.25. The van der Waals surface area contributed by atoms with E-state index in [9.17, 15) is 18.8 Å². The van der Waals surface area contributed by atoms with Gasteiger partial charge < -0.3 is 20.3 Å². The Bertz CT molecular complexity index is 1260. The van der Waals surface area contributed by atoms with Crippen molar-refractivity contribution in [3.8, 4) is 17.0 Å². The summed E-state index contributed by atoms with van der Waals surface area (Å²) in [7, 11) is 0. The third kappa shape index (κ3) is 5.69. The number of ketones is 1. The number of aliphatic hydroxyl groups excluding tert-OH is 1. The average Bonchev–Trinajstić information content (AvgIpc) is 3.57. The summed E-state index contributed by atoms with van der Waals surface area (Å²) in [6, 6.07) is 7.42. The SMILES string of the molecule is C[C@@H](Oc1ccc(C(=O)C2CC2)nc1)c1cc(-c2ccc(C(=O)NC(CO)C(=O)O)c(F)c2)ns1. The zero-order valence-corrected chi connectivity index (χ0v) is 19.4. The van der Waals surface area contributed by atoms with Crippen LogP contribution in [0.2, 0.25) is 0 Å². The number of carboxylic acids is 1. The zero-order chi connectivity index (χ0) is 25.1. The molecule has 0 aliphatic heterocycles. The number of rotatable bonds is 10. The van der Waals surface area contributed by atoms with Crippen LogP contribution in [0.4, 0.5) is 4.39 Å². The summed E-state index contributed by atoms with van der Waals surface area (Å²) in [4.78, 5) is 40.2. The second-order valence-electron chi connectivity index (χ2n) is 8.13. The smallest absolute Gasteiger partial charge is 0.328 e. The van der Waals surface area contributed by atoms with E-state index in [-0.39, 0.29) is 23.4 Å². The van der Waals surface area contributed by atoms with Gasteiger partial charge in [-0.1, -0.05) is 6.07 Å². The average molecular weight is 500 g/mol. The van der Waals surface area contributed by atoms with Crippen LogP contribution in [0.25, 0.3) is 11.3 Å². The molecule has 1 fully saturated rings. The number of nitrogens with one attached hydrogen (secondary N) is 1. The molecule has 1 aliphatic carbocycles. The number of carboxylic acid groups (broad SMARTS) is 1. The maximum absolute atomic E-state index is 14.6. The lowest BCUT2D eigenvalue weighted by Crippen LogP contribution is -2.43. The number of pyridine rings is 1. The highest BCUT2D eigenvalue weighted by molar-refractivity contribution is 7.06. The number of aliphatic hydroxyl groups is 1. The number of benzene rings is 1. The summed E-state index contributed by atoms with van der Waals surface area (Å²) in [6.45, 7) is 1.01. The molecule has 2 heterocycles. The number of aromatic nitrogens is 2. The highest BCUT2D eigenvalue weighted by Gasteiger charge is 2.31. The van der Waals surface area contributed by atoms with Gasteiger partial charge in [0.2, 0.25) is 0 Å². The van der Waals surface area contributed by atoms with E-state index in [1.54, 1.807) is 18.2 Å². The highest BCUT2D eigenvalue weighted by Crippen LogP contribution is 2.33. The lowest BCUT2D eigenvalue weighted by Gasteiger charge is -2.12. The van der Waals surface area contributed by atoms with Crippen LogP contribution < -0.4 is 10.1 Å². The third-order valence-corrected chi connectivity index (χ3v) is 6.42. The second kappa shape index (κ2) is 10.3. The fourth-order valence-corrected chi connectivity index (χ4v) is 4.03. The fourth-order valence-electron chi connectivity index (χ4n) is 3.31. The lowest BCUT2D eigenvalue weighted by molar-refractivity contribution is -0.140. The first-order valence-corrected chi connectivity index (χ1v) is 11.6. The summed E-state index contributed by atoms with van der Waals surface area (Å²) < 4.78 is 24.8. The van der Waals surface area contributed by atoms with Gasteiger partial charge in [0.25, 0.3) is 5.91 Å². The third-order valence-electron chi connectivity index (χ3n) is 5.47. The number of carbonyl (C=O) groups excluding carboxylic acids is 2. The minimum absolute atomic E-state index is 0.0579. The number of carbonyl (C=O) groups is 3. The van der Waals surface area contributed by atoms with Crippen LogP contribution >= 0.6 is 11.5 Å². The number of hydrogen-bond acceptors (Lipinski definition) is 8. The number of hydrogen-bond donors (Lipinski definition) is 3. The van der Waals surface area contributed by atoms with Crippen molar-refractivity contribution in [1.29, 1.82) is 0 Å². The molecule has 0 radical (unpaired) electrons. The Morgan fingerprint density at radius 2 is 2.00 bits per heavy atom. The van der Waals surface area contributed by atoms with Crippen LogP contribution in [0.5, 0.6) is 5.75 Å². The van der Waals surface area contributed by atoms with Crippen molar-refractivity contribution in [2.75, 3.05) is 6.61 Å². The quantitative estimate of drug-likeness (QED) is 0.361. The molecular formula is C24H22FN3O6S. The molecule has 9 nitrogen and oxygen atoms in total. The Balaban J connectivity index is 1.42. The topological polar surface area (TPSA) is 139 Å². The first-order valence-electron chi connectivity index (χ1n) is 10.8. The predicted molar refractivity (Wildman–Crippen MR) is 124 cm³/mol. The Kier molecular flexibility index (Phi) is 7.17. The monoisotopic (exact) mass is 499 g/mol. The molecule has 0 saturated heterocycles. The van der Waals surface area contributed by atoms with Crippen LogP contribution in [0, 0.1) is 11.7 Å². The van der Waals surface area contributed by atoms with Crippen molar-refractivity contribution in [2.45, 2.75) is 31.9 Å². The molecule has 1 aromatic carbocycles. The van der Waals surface area contributed by atoms with E-state index in [1.165, 1.54) is 29.9 Å². The standard InChI is InChI=1S/C24H22FN3O6S/c1-12(34-15-5-7-18(26-10-15)22(30)13-2-3-13)21-9-19(28-35-21)14-4-6-16(17(25)8-14)23(31)27-20(11-29)24(32)33/h4-10,12-13,20,29H,2-3,11H2,1H3,(H,27,31)(H,32,33)/t12-,20?/m1/s1. The van der Waals surface area contributed by atoms with E-state index in [4.69, 9.17) is 14.9 Å². The Morgan fingerprint density at radius 3 is 2.60 bits per heavy atom. The zero-order valence-electron chi connectivity index (χ0n) is 18.6. The maximum atomic E-state index is 14.6. The van der Waals surface area contributed by atoms with E-state index in [0.29, 0.717) is 22.7 Å². The molecule has 35 heavy (non-hydrogen) atoms. The van der Waals surface area contributed by atoms with Gasteiger partial charge in [-0.05, 0) is 61.6 Å². The fraction of sp³-hybridized carbons (Fsp3) is 0.292. The number of halogens is 1. The Morgan fingerprint density at radius 1 is 1.23 bits per heavy atom. The summed E-state index contributed by atoms with van der Waals surface area (Å²) in [5.41, 5.74) is 0.988. The van der Waals surface area contributed by atoms with Gasteiger partial charge in [-0.15, -0.1) is 0 Å². The Hall–Kier alpha value is -3.70. The molecule has 4 rings (SSSR count). The molecule has 1 aliphatic rings. The van der Waals surface area contributed by atoms with Crippen molar-refractivity contribution in [2.24, 2.45) is 5.92 Å². The van der Waals surface area contributed by atoms with Gasteiger partial charge in [0.15, 0.2) is 11.8 Å². The van der Waals surface area contributed by atoms with E-state index >= 15 is 0 Å². The van der Waals surface area contributed by atoms with Gasteiger partial charge in [0.05, 0.1) is 28.9 Å². The number of amides is 1. The summed E-state index contributed by atoms with van der Waals surface area (Å²) >= 11 is 1.18. The van der Waals surface area contributed by atoms with Crippen LogP contribution in [-0.4, -0.2) is 49.9 Å². The summed E-state index contributed by atoms with van der Waals surface area (Å²) in [5.74, 6) is -2.57. The highest BCUT2D eigenvalue weighted by atomic mass is 32.1. The van der Waals surface area contributed by atoms with Gasteiger partial charge in [0, 0.05) is 11.5 Å². The van der Waals surface area contributed by atoms with Crippen molar-refractivity contribution in [1.82, 2.24) is 14.7 Å². The van der Waals surface area contributed by atoms with Crippen LogP contribution in [0.1, 0.15) is 51.6 Å². The first kappa shape index (κ1) is 24.4. The molecule has 2 atom stereocenters. The normalized spacial score (nSPS) is 14.7. The van der Waals surface area contributed by atoms with Crippen LogP contribution in [0.3, 0.4) is 0 Å². The number of aliphatic carboxylic acids is 1. The van der Waals surface area contributed by atoms with Crippen LogP contribution in [-0.2, 0) is 4.79 Å². The van der Waals surface area contributed by atoms with Gasteiger partial charge in [-0.3, -0.25) is 9.59 Å². The molecule has 0 bridgehead atoms. The molecule has 3 N–H and O–H groups in total. The molecule has 1 amide bonds. The molecule has 0 spiro atoms. The molecular weight excluding hydrogens is 477 g/mol. The second-order valence-corrected chi connectivity index (χ2v) is 8.97. The van der Waals surface area contributed by atoms with Gasteiger partial charge in [-0.25, -0.2) is 14.2 Å². The van der Waals surface area contributed by atoms with E-state index in [0.717, 1.165) is 23.8 Å². The van der Waals surface area contributed by atoms with Crippen LogP contribution in [0.15, 0.2) is 42.6 Å². The lowest BCUT2D eigenvalue weighted by atomic mass is 10.1. The molecule has 182 valence electrons. The Labute approximate surface area is 203 Å². The van der Waals surface area contributed by atoms with Gasteiger partial charge in [0.1, 0.15) is 23.4 Å². The number of Topliss-reactive ketones (excluding diaryl/α,β-unsaturated/α-hetero) is 1. The van der Waals surface area contributed by atoms with Gasteiger partial charge in [-0.2, -0.15) is 4.37 Å². The minimum atomic E-state index is -1.53. The summed E-state index contributed by atoms with van der Waals surface area (Å²) in [6.07, 6.45) is 2.96. The van der Waals surface area contributed by atoms with Crippen molar-refractivity contribution in [3.63, 3.8) is 0 Å². The molecule has 11 heteroatoms. The molecule has 1 saturated carbocycles. The first-order chi connectivity index (χ1) is 16.8. The van der Waals surface area contributed by atoms with Crippen molar-refractivity contribution >= 4 is 29.2 Å². The largest absolute Gasteiger partial charge is 0.484 e. The molecule has 3 aromatic rings. The minimum Gasteiger partial charge on any atom is -0.484 e. The van der Waals surface area contributed by atoms with Crippen molar-refractivity contribution < 1.29 is 33.7 Å². The van der Waals surface area contributed by atoms with E-state index < -0.39 is 30.3 Å². The molecule has 1 unspecified atom stereocenters. The molecule has 2 aromatic heterocycles. The van der Waals surface area contributed by atoms with Gasteiger partial charge >= 0.3 is 5.97 Å². The summed E-state index contributed by atoms with van der Waals surface area (Å²) in [5, 5.41) is 20.0. The van der Waals surface area contributed by atoms with E-state index in [1.807, 2.05) is 6.92 Å². The van der Waals surface area contributed by atoms with E-state index in [2.05, 4.69) is 14.7 Å².